The van der Waals surface area contributed by atoms with E-state index in [0.29, 0.717) is 17.1 Å². The van der Waals surface area contributed by atoms with Crippen LogP contribution in [-0.4, -0.2) is 77.0 Å². The summed E-state index contributed by atoms with van der Waals surface area (Å²) in [4.78, 5) is 38.2. The van der Waals surface area contributed by atoms with Gasteiger partial charge in [-0.2, -0.15) is 5.11 Å². The van der Waals surface area contributed by atoms with Crippen molar-refractivity contribution in [2.75, 3.05) is 38.1 Å². The van der Waals surface area contributed by atoms with Crippen LogP contribution >= 0.6 is 11.6 Å². The van der Waals surface area contributed by atoms with Crippen molar-refractivity contribution in [1.29, 1.82) is 0 Å². The number of carbonyl (C=O) groups excluding carboxylic acids is 2. The lowest BCUT2D eigenvalue weighted by Gasteiger charge is -2.42. The maximum atomic E-state index is 12.3. The number of amides is 3. The third kappa shape index (κ3) is 3.86. The maximum Gasteiger partial charge on any atom is 0.368 e. The summed E-state index contributed by atoms with van der Waals surface area (Å²) < 4.78 is 0. The van der Waals surface area contributed by atoms with Gasteiger partial charge in [0.15, 0.2) is 6.04 Å². The Kier molecular flexibility index (Phi) is 5.54. The Morgan fingerprint density at radius 2 is 1.79 bits per heavy atom. The maximum absolute atomic E-state index is 12.3. The molecule has 9 nitrogen and oxygen atoms in total. The second-order valence-corrected chi connectivity index (χ2v) is 8.00. The first kappa shape index (κ1) is 19.2. The first-order valence-electron chi connectivity index (χ1n) is 9.73. The summed E-state index contributed by atoms with van der Waals surface area (Å²) in [5.41, 5.74) is 0. The lowest BCUT2D eigenvalue weighted by Crippen LogP contribution is -2.52. The first-order valence-corrected chi connectivity index (χ1v) is 10.1. The van der Waals surface area contributed by atoms with Gasteiger partial charge in [-0.15, -0.1) is 0 Å². The summed E-state index contributed by atoms with van der Waals surface area (Å²) in [5, 5.41) is 8.08. The molecule has 2 fully saturated rings. The van der Waals surface area contributed by atoms with Crippen molar-refractivity contribution in [3.63, 3.8) is 0 Å². The van der Waals surface area contributed by atoms with Crippen molar-refractivity contribution in [1.82, 2.24) is 19.8 Å². The van der Waals surface area contributed by atoms with Crippen molar-refractivity contribution in [2.24, 2.45) is 16.1 Å². The molecule has 1 aromatic rings. The van der Waals surface area contributed by atoms with Gasteiger partial charge < -0.3 is 4.90 Å². The smallest absolute Gasteiger partial charge is 0.338 e. The number of nitrogens with zero attached hydrogens (tertiary/aromatic N) is 7. The summed E-state index contributed by atoms with van der Waals surface area (Å²) in [6.45, 7) is 3.68. The second-order valence-electron chi connectivity index (χ2n) is 7.61. The number of rotatable bonds is 3. The fraction of sp³-hybridized carbons (Fsp3) is 0.667. The summed E-state index contributed by atoms with van der Waals surface area (Å²) in [5.74, 6) is 0.637. The molecule has 1 aliphatic carbocycles. The Morgan fingerprint density at radius 3 is 2.46 bits per heavy atom. The number of azo groups is 1. The normalized spacial score (nSPS) is 29.4. The molecule has 1 saturated carbocycles. The quantitative estimate of drug-likeness (QED) is 0.715. The van der Waals surface area contributed by atoms with Crippen molar-refractivity contribution < 1.29 is 9.59 Å². The van der Waals surface area contributed by atoms with E-state index in [1.54, 1.807) is 12.3 Å². The van der Waals surface area contributed by atoms with E-state index < -0.39 is 12.1 Å². The highest BCUT2D eigenvalue weighted by Crippen LogP contribution is 2.33. The highest BCUT2D eigenvalue weighted by Gasteiger charge is 2.39. The van der Waals surface area contributed by atoms with Gasteiger partial charge in [-0.25, -0.2) is 14.8 Å². The van der Waals surface area contributed by atoms with E-state index in [0.717, 1.165) is 56.8 Å². The number of piperazine rings is 1. The molecule has 3 aliphatic rings. The predicted octanol–water partition coefficient (Wildman–Crippen LogP) is 2.22. The van der Waals surface area contributed by atoms with Crippen LogP contribution in [0.4, 0.5) is 10.7 Å². The number of hydrogen-bond donors (Lipinski definition) is 0. The zero-order valence-corrected chi connectivity index (χ0v) is 16.6. The van der Waals surface area contributed by atoms with Crippen LogP contribution in [0.5, 0.6) is 0 Å². The average Bonchev–Trinajstić information content (AvgIpc) is 2.73. The number of anilines is 1. The fourth-order valence-electron chi connectivity index (χ4n) is 4.37. The van der Waals surface area contributed by atoms with E-state index in [1.165, 1.54) is 7.05 Å². The van der Waals surface area contributed by atoms with Crippen LogP contribution in [-0.2, 0) is 4.79 Å². The van der Waals surface area contributed by atoms with Crippen LogP contribution in [0, 0.1) is 5.92 Å². The minimum absolute atomic E-state index is 0.171. The summed E-state index contributed by atoms with van der Waals surface area (Å²) >= 11 is 5.97. The van der Waals surface area contributed by atoms with Gasteiger partial charge in [0.2, 0.25) is 5.95 Å². The SMILES string of the molecule is CN1C(=O)N=NC(C2CCC(N3CCN(c4nccc(Cl)n4)CC3)CC2)C1=O. The first-order chi connectivity index (χ1) is 13.5. The van der Waals surface area contributed by atoms with E-state index in [2.05, 4.69) is 30.0 Å². The molecule has 10 heteroatoms. The molecule has 1 atom stereocenters. The van der Waals surface area contributed by atoms with Crippen LogP contribution in [0.2, 0.25) is 5.15 Å². The fourth-order valence-corrected chi connectivity index (χ4v) is 4.50. The monoisotopic (exact) mass is 405 g/mol. The molecule has 3 amide bonds. The van der Waals surface area contributed by atoms with Gasteiger partial charge in [0.1, 0.15) is 5.15 Å². The zero-order chi connectivity index (χ0) is 19.7. The minimum atomic E-state index is -0.573. The number of urea groups is 1. The predicted molar refractivity (Wildman–Crippen MR) is 103 cm³/mol. The number of likely N-dealkylation sites (N-methyl/N-ethyl adjacent to an activating group) is 1. The van der Waals surface area contributed by atoms with Gasteiger partial charge in [0, 0.05) is 45.5 Å². The van der Waals surface area contributed by atoms with Crippen molar-refractivity contribution in [3.05, 3.63) is 17.4 Å². The number of hydrogen-bond acceptors (Lipinski definition) is 7. The molecule has 1 saturated heterocycles. The molecule has 1 aromatic heterocycles. The third-order valence-electron chi connectivity index (χ3n) is 6.05. The molecule has 28 heavy (non-hydrogen) atoms. The molecule has 0 radical (unpaired) electrons. The number of halogens is 1. The van der Waals surface area contributed by atoms with Crippen molar-refractivity contribution in [2.45, 2.75) is 37.8 Å². The average molecular weight is 406 g/mol. The highest BCUT2D eigenvalue weighted by molar-refractivity contribution is 6.29. The van der Waals surface area contributed by atoms with E-state index in [9.17, 15) is 9.59 Å². The lowest BCUT2D eigenvalue weighted by atomic mass is 9.80. The summed E-state index contributed by atoms with van der Waals surface area (Å²) in [6, 6.07) is 1.13. The summed E-state index contributed by atoms with van der Waals surface area (Å²) in [7, 11) is 1.48. The van der Waals surface area contributed by atoms with Crippen molar-refractivity contribution in [3.8, 4) is 0 Å². The van der Waals surface area contributed by atoms with Gasteiger partial charge in [-0.1, -0.05) is 16.7 Å². The molecule has 0 N–H and O–H groups in total. The highest BCUT2D eigenvalue weighted by atomic mass is 35.5. The zero-order valence-electron chi connectivity index (χ0n) is 15.9. The van der Waals surface area contributed by atoms with Gasteiger partial charge in [-0.3, -0.25) is 14.6 Å². The van der Waals surface area contributed by atoms with Crippen molar-refractivity contribution >= 4 is 29.5 Å². The lowest BCUT2D eigenvalue weighted by molar-refractivity contribution is -0.131. The molecule has 2 aliphatic heterocycles. The standard InChI is InChI=1S/C18H24ClN7O2/c1-24-16(27)15(22-23-18(24)28)12-2-4-13(5-3-12)25-8-10-26(11-9-25)17-20-7-6-14(19)21-17/h6-7,12-13,15H,2-5,8-11H2,1H3. The van der Waals surface area contributed by atoms with Gasteiger partial charge >= 0.3 is 6.03 Å². The molecular weight excluding hydrogens is 382 g/mol. The Bertz CT molecular complexity index is 773. The molecule has 0 bridgehead atoms. The third-order valence-corrected chi connectivity index (χ3v) is 6.26. The van der Waals surface area contributed by atoms with Crippen LogP contribution in [0.25, 0.3) is 0 Å². The number of aromatic nitrogens is 2. The Hall–Kier alpha value is -2.13. The molecule has 150 valence electrons. The van der Waals surface area contributed by atoms with Gasteiger partial charge in [0.05, 0.1) is 0 Å². The molecule has 0 aromatic carbocycles. The Labute approximate surface area is 168 Å². The minimum Gasteiger partial charge on any atom is -0.338 e. The molecule has 3 heterocycles. The van der Waals surface area contributed by atoms with E-state index >= 15 is 0 Å². The van der Waals surface area contributed by atoms with Crippen LogP contribution < -0.4 is 4.90 Å². The van der Waals surface area contributed by atoms with E-state index in [1.807, 2.05) is 0 Å². The number of imide groups is 1. The van der Waals surface area contributed by atoms with E-state index in [4.69, 9.17) is 11.6 Å². The van der Waals surface area contributed by atoms with Gasteiger partial charge in [0.25, 0.3) is 5.91 Å². The Morgan fingerprint density at radius 1 is 1.07 bits per heavy atom. The summed E-state index contributed by atoms with van der Waals surface area (Å²) in [6.07, 6.45) is 5.62. The van der Waals surface area contributed by atoms with Gasteiger partial charge in [-0.05, 0) is 37.7 Å². The molecule has 1 unspecified atom stereocenters. The Balaban J connectivity index is 1.29. The van der Waals surface area contributed by atoms with Crippen LogP contribution in [0.15, 0.2) is 22.5 Å². The van der Waals surface area contributed by atoms with Crippen LogP contribution in [0.1, 0.15) is 25.7 Å². The van der Waals surface area contributed by atoms with E-state index in [-0.39, 0.29) is 11.8 Å². The number of carbonyl (C=O) groups is 2. The molecule has 4 rings (SSSR count). The topological polar surface area (TPSA) is 94.4 Å². The second kappa shape index (κ2) is 8.08. The largest absolute Gasteiger partial charge is 0.368 e. The molecular formula is C18H24ClN7O2. The molecule has 0 spiro atoms. The van der Waals surface area contributed by atoms with Crippen LogP contribution in [0.3, 0.4) is 0 Å².